The van der Waals surface area contributed by atoms with Crippen LogP contribution in [-0.4, -0.2) is 28.2 Å². The Kier molecular flexibility index (Phi) is 8.90. The molecule has 2 rings (SSSR count). The second kappa shape index (κ2) is 9.57. The summed E-state index contributed by atoms with van der Waals surface area (Å²) in [6.07, 6.45) is 0. The first-order valence-electron chi connectivity index (χ1n) is 5.88. The summed E-state index contributed by atoms with van der Waals surface area (Å²) >= 11 is 0. The Bertz CT molecular complexity index is 384. The summed E-state index contributed by atoms with van der Waals surface area (Å²) in [7, 11) is 8.07. The van der Waals surface area contributed by atoms with Crippen molar-refractivity contribution in [2.24, 2.45) is 0 Å². The first-order valence-corrected chi connectivity index (χ1v) is 5.88. The molecule has 0 aliphatic heterocycles. The van der Waals surface area contributed by atoms with Crippen LogP contribution in [0.25, 0.3) is 0 Å². The minimum Gasteiger partial charge on any atom is -0.429 e. The van der Waals surface area contributed by atoms with Crippen LogP contribution in [0.4, 0.5) is 11.4 Å². The smallest absolute Gasteiger partial charge is 0.429 e. The van der Waals surface area contributed by atoms with E-state index in [1.807, 2.05) is 64.6 Å². The van der Waals surface area contributed by atoms with Crippen LogP contribution < -0.4 is 9.80 Å². The molecule has 3 heteroatoms. The molecule has 0 aliphatic rings. The molecule has 19 heavy (non-hydrogen) atoms. The zero-order valence-corrected chi connectivity index (χ0v) is 15.2. The van der Waals surface area contributed by atoms with Crippen LogP contribution in [0.5, 0.6) is 0 Å². The van der Waals surface area contributed by atoms with E-state index in [0.29, 0.717) is 0 Å². The van der Waals surface area contributed by atoms with Gasteiger partial charge in [-0.1, -0.05) is 11.4 Å². The minimum absolute atomic E-state index is 0. The first kappa shape index (κ1) is 17.7. The molecular weight excluding hydrogens is 286 g/mol. The third-order valence-electron chi connectivity index (χ3n) is 2.41. The van der Waals surface area contributed by atoms with Crippen molar-refractivity contribution in [3.8, 4) is 0 Å². The van der Waals surface area contributed by atoms with Gasteiger partial charge in [0.15, 0.2) is 0 Å². The fourth-order valence-electron chi connectivity index (χ4n) is 1.32. The molecule has 0 saturated carbocycles. The third kappa shape index (κ3) is 6.98. The van der Waals surface area contributed by atoms with Crippen LogP contribution in [0.2, 0.25) is 0 Å². The first-order chi connectivity index (χ1) is 8.61. The predicted octanol–water partition coefficient (Wildman–Crippen LogP) is 3.10. The van der Waals surface area contributed by atoms with Gasteiger partial charge in [0.2, 0.25) is 0 Å². The predicted molar refractivity (Wildman–Crippen MR) is 79.2 cm³/mol. The van der Waals surface area contributed by atoms with Crippen molar-refractivity contribution in [1.82, 2.24) is 0 Å². The number of anilines is 2. The summed E-state index contributed by atoms with van der Waals surface area (Å²) in [6, 6.07) is 21.8. The van der Waals surface area contributed by atoms with Crippen molar-refractivity contribution in [3.05, 3.63) is 60.7 Å². The maximum Gasteiger partial charge on any atom is 2.00 e. The molecular formula is C16H20N2Zn. The minimum atomic E-state index is 0. The van der Waals surface area contributed by atoms with E-state index >= 15 is 0 Å². The van der Waals surface area contributed by atoms with Crippen LogP contribution in [-0.2, 0) is 19.5 Å². The monoisotopic (exact) mass is 304 g/mol. The molecule has 96 valence electrons. The average Bonchev–Trinajstić information content (AvgIpc) is 2.41. The van der Waals surface area contributed by atoms with Crippen molar-refractivity contribution in [1.29, 1.82) is 0 Å². The molecule has 2 aromatic rings. The Balaban J connectivity index is 0.000000324. The SMILES string of the molecule is CN(C)c1c[c-]ccc1.CN(C)c1c[c-]ccc1.[Zn+2]. The Morgan fingerprint density at radius 2 is 1.11 bits per heavy atom. The van der Waals surface area contributed by atoms with Gasteiger partial charge in [-0.2, -0.15) is 48.5 Å². The van der Waals surface area contributed by atoms with Crippen LogP contribution >= 0.6 is 0 Å². The summed E-state index contributed by atoms with van der Waals surface area (Å²) in [5, 5.41) is 0. The van der Waals surface area contributed by atoms with Crippen molar-refractivity contribution in [2.75, 3.05) is 38.0 Å². The second-order valence-corrected chi connectivity index (χ2v) is 4.31. The Morgan fingerprint density at radius 3 is 1.26 bits per heavy atom. The molecule has 2 aromatic carbocycles. The number of rotatable bonds is 2. The molecule has 0 bridgehead atoms. The number of nitrogens with zero attached hydrogens (tertiary/aromatic N) is 2. The van der Waals surface area contributed by atoms with E-state index in [2.05, 4.69) is 34.1 Å². The van der Waals surface area contributed by atoms with Crippen LogP contribution in [0.15, 0.2) is 48.5 Å². The van der Waals surface area contributed by atoms with E-state index in [9.17, 15) is 0 Å². The average molecular weight is 306 g/mol. The molecule has 0 N–H and O–H groups in total. The normalized spacial score (nSPS) is 8.63. The summed E-state index contributed by atoms with van der Waals surface area (Å²) in [4.78, 5) is 4.10. The van der Waals surface area contributed by atoms with Gasteiger partial charge in [0.1, 0.15) is 0 Å². The molecule has 0 spiro atoms. The van der Waals surface area contributed by atoms with Gasteiger partial charge in [0.05, 0.1) is 0 Å². The molecule has 0 atom stereocenters. The number of benzene rings is 2. The third-order valence-corrected chi connectivity index (χ3v) is 2.41. The topological polar surface area (TPSA) is 6.48 Å². The summed E-state index contributed by atoms with van der Waals surface area (Å²) < 4.78 is 0. The van der Waals surface area contributed by atoms with Gasteiger partial charge in [-0.05, 0) is 28.2 Å². The van der Waals surface area contributed by atoms with Crippen molar-refractivity contribution in [2.45, 2.75) is 0 Å². The van der Waals surface area contributed by atoms with Gasteiger partial charge in [0.25, 0.3) is 0 Å². The van der Waals surface area contributed by atoms with Gasteiger partial charge < -0.3 is 9.80 Å². The van der Waals surface area contributed by atoms with E-state index in [1.165, 1.54) is 11.4 Å². The largest absolute Gasteiger partial charge is 2.00 e. The fourth-order valence-corrected chi connectivity index (χ4v) is 1.32. The summed E-state index contributed by atoms with van der Waals surface area (Å²) in [5.74, 6) is 0. The van der Waals surface area contributed by atoms with Crippen LogP contribution in [0.1, 0.15) is 0 Å². The molecule has 0 unspecified atom stereocenters. The van der Waals surface area contributed by atoms with E-state index in [0.717, 1.165) is 0 Å². The Hall–Kier alpha value is -1.34. The van der Waals surface area contributed by atoms with Crippen LogP contribution in [0, 0.1) is 12.1 Å². The molecule has 0 radical (unpaired) electrons. The van der Waals surface area contributed by atoms with E-state index in [-0.39, 0.29) is 19.5 Å². The number of hydrogen-bond donors (Lipinski definition) is 0. The van der Waals surface area contributed by atoms with Crippen molar-refractivity contribution < 1.29 is 19.5 Å². The van der Waals surface area contributed by atoms with Crippen molar-refractivity contribution in [3.63, 3.8) is 0 Å². The molecule has 2 nitrogen and oxygen atoms in total. The fraction of sp³-hybridized carbons (Fsp3) is 0.250. The molecule has 0 heterocycles. The molecule has 0 fully saturated rings. The Morgan fingerprint density at radius 1 is 0.737 bits per heavy atom. The molecule has 0 aromatic heterocycles. The molecule has 0 aliphatic carbocycles. The maximum atomic E-state index is 3.00. The van der Waals surface area contributed by atoms with Gasteiger partial charge in [0, 0.05) is 0 Å². The van der Waals surface area contributed by atoms with E-state index in [1.54, 1.807) is 0 Å². The molecule has 0 saturated heterocycles. The summed E-state index contributed by atoms with van der Waals surface area (Å²) in [5.41, 5.74) is 2.38. The summed E-state index contributed by atoms with van der Waals surface area (Å²) in [6.45, 7) is 0. The van der Waals surface area contributed by atoms with Crippen molar-refractivity contribution >= 4 is 11.4 Å². The molecule has 0 amide bonds. The van der Waals surface area contributed by atoms with Gasteiger partial charge in [-0.15, -0.1) is 12.1 Å². The Labute approximate surface area is 129 Å². The van der Waals surface area contributed by atoms with Gasteiger partial charge in [-0.3, -0.25) is 0 Å². The number of hydrogen-bond acceptors (Lipinski definition) is 2. The standard InChI is InChI=1S/2C8H10N.Zn/c2*1-9(2)8-6-4-3-5-7-8;/h2*3-4,6-7H,1-2H3;/q2*-1;+2. The van der Waals surface area contributed by atoms with Crippen LogP contribution in [0.3, 0.4) is 0 Å². The zero-order valence-electron chi connectivity index (χ0n) is 12.2. The quantitative estimate of drug-likeness (QED) is 0.621. The van der Waals surface area contributed by atoms with Gasteiger partial charge in [-0.25, -0.2) is 0 Å². The second-order valence-electron chi connectivity index (χ2n) is 4.31. The maximum absolute atomic E-state index is 3.00. The van der Waals surface area contributed by atoms with Gasteiger partial charge >= 0.3 is 19.5 Å². The van der Waals surface area contributed by atoms with E-state index in [4.69, 9.17) is 0 Å². The van der Waals surface area contributed by atoms with E-state index < -0.39 is 0 Å². The zero-order chi connectivity index (χ0) is 13.4.